The molecule has 2 heterocycles. The van der Waals surface area contributed by atoms with E-state index in [9.17, 15) is 0 Å². The van der Waals surface area contributed by atoms with Crippen LogP contribution in [0, 0.1) is 6.92 Å². The fourth-order valence-corrected chi connectivity index (χ4v) is 2.69. The zero-order valence-corrected chi connectivity index (χ0v) is 11.0. The number of likely N-dealkylation sites (tertiary alicyclic amines) is 1. The number of aryl methyl sites for hydroxylation is 1. The molecule has 1 aliphatic heterocycles. The van der Waals surface area contributed by atoms with Crippen LogP contribution in [0.5, 0.6) is 0 Å². The topological polar surface area (TPSA) is 68.2 Å². The van der Waals surface area contributed by atoms with E-state index in [0.717, 1.165) is 13.1 Å². The van der Waals surface area contributed by atoms with Crippen molar-refractivity contribution in [3.63, 3.8) is 0 Å². The van der Waals surface area contributed by atoms with Crippen LogP contribution < -0.4 is 5.73 Å². The Morgan fingerprint density at radius 3 is 2.79 bits per heavy atom. The van der Waals surface area contributed by atoms with Crippen molar-refractivity contribution in [3.05, 3.63) is 47.6 Å². The molecule has 0 bridgehead atoms. The second-order valence-corrected chi connectivity index (χ2v) is 5.11. The Morgan fingerprint density at radius 1 is 1.32 bits per heavy atom. The number of hydrogen-bond donors (Lipinski definition) is 1. The van der Waals surface area contributed by atoms with Gasteiger partial charge in [0.25, 0.3) is 0 Å². The highest BCUT2D eigenvalue weighted by Crippen LogP contribution is 2.27. The van der Waals surface area contributed by atoms with Gasteiger partial charge >= 0.3 is 0 Å². The normalized spacial score (nSPS) is 23.9. The molecular formula is C14H18N4O. The lowest BCUT2D eigenvalue weighted by Gasteiger charge is -2.14. The predicted molar refractivity (Wildman–Crippen MR) is 71.5 cm³/mol. The van der Waals surface area contributed by atoms with Crippen molar-refractivity contribution >= 4 is 0 Å². The van der Waals surface area contributed by atoms with Crippen LogP contribution in [-0.4, -0.2) is 34.2 Å². The van der Waals surface area contributed by atoms with Gasteiger partial charge in [-0.2, -0.15) is 4.98 Å². The summed E-state index contributed by atoms with van der Waals surface area (Å²) in [7, 11) is 0. The van der Waals surface area contributed by atoms with E-state index in [0.29, 0.717) is 24.2 Å². The van der Waals surface area contributed by atoms with E-state index in [4.69, 9.17) is 10.3 Å². The van der Waals surface area contributed by atoms with E-state index in [-0.39, 0.29) is 6.04 Å². The Hall–Kier alpha value is -1.72. The fraction of sp³-hybridized carbons (Fsp3) is 0.429. The maximum atomic E-state index is 6.25. The summed E-state index contributed by atoms with van der Waals surface area (Å²) in [5.74, 6) is 1.72. The standard InChI is InChI=1S/C14H18N4O/c1-10-16-14(19-17-10)9-18-7-12(13(15)8-18)11-5-3-2-4-6-11/h2-6,12-13H,7-9,15H2,1H3/t12-,13+/m0/s1. The van der Waals surface area contributed by atoms with Crippen molar-refractivity contribution in [1.82, 2.24) is 15.0 Å². The summed E-state index contributed by atoms with van der Waals surface area (Å²) in [5, 5.41) is 3.81. The van der Waals surface area contributed by atoms with Crippen LogP contribution in [0.2, 0.25) is 0 Å². The van der Waals surface area contributed by atoms with Gasteiger partial charge in [0.05, 0.1) is 6.54 Å². The van der Waals surface area contributed by atoms with Crippen molar-refractivity contribution in [1.29, 1.82) is 0 Å². The molecule has 2 atom stereocenters. The monoisotopic (exact) mass is 258 g/mol. The minimum Gasteiger partial charge on any atom is -0.338 e. The van der Waals surface area contributed by atoms with Gasteiger partial charge in [-0.15, -0.1) is 0 Å². The summed E-state index contributed by atoms with van der Waals surface area (Å²) in [5.41, 5.74) is 7.56. The summed E-state index contributed by atoms with van der Waals surface area (Å²) in [6, 6.07) is 10.6. The van der Waals surface area contributed by atoms with E-state index < -0.39 is 0 Å². The van der Waals surface area contributed by atoms with Crippen molar-refractivity contribution in [2.45, 2.75) is 25.4 Å². The minimum atomic E-state index is 0.159. The molecule has 1 fully saturated rings. The Bertz CT molecular complexity index is 539. The van der Waals surface area contributed by atoms with Gasteiger partial charge in [-0.3, -0.25) is 4.90 Å². The number of hydrogen-bond acceptors (Lipinski definition) is 5. The number of benzene rings is 1. The maximum absolute atomic E-state index is 6.25. The van der Waals surface area contributed by atoms with E-state index >= 15 is 0 Å². The molecule has 19 heavy (non-hydrogen) atoms. The van der Waals surface area contributed by atoms with Crippen LogP contribution in [0.1, 0.15) is 23.2 Å². The Labute approximate surface area is 112 Å². The Balaban J connectivity index is 1.68. The molecular weight excluding hydrogens is 240 g/mol. The van der Waals surface area contributed by atoms with Crippen LogP contribution >= 0.6 is 0 Å². The highest BCUT2D eigenvalue weighted by atomic mass is 16.5. The maximum Gasteiger partial charge on any atom is 0.240 e. The third-order valence-electron chi connectivity index (χ3n) is 3.60. The molecule has 3 rings (SSSR count). The fourth-order valence-electron chi connectivity index (χ4n) is 2.69. The molecule has 2 aromatic rings. The van der Waals surface area contributed by atoms with Crippen molar-refractivity contribution < 1.29 is 4.52 Å². The average molecular weight is 258 g/mol. The lowest BCUT2D eigenvalue weighted by Crippen LogP contribution is -2.28. The summed E-state index contributed by atoms with van der Waals surface area (Å²) in [6.07, 6.45) is 0. The molecule has 0 radical (unpaired) electrons. The first-order chi connectivity index (χ1) is 9.22. The number of aromatic nitrogens is 2. The van der Waals surface area contributed by atoms with Gasteiger partial charge in [0.15, 0.2) is 5.82 Å². The lowest BCUT2D eigenvalue weighted by atomic mass is 9.95. The second-order valence-electron chi connectivity index (χ2n) is 5.11. The van der Waals surface area contributed by atoms with Crippen LogP contribution in [0.4, 0.5) is 0 Å². The molecule has 1 aromatic carbocycles. The van der Waals surface area contributed by atoms with Crippen LogP contribution in [-0.2, 0) is 6.54 Å². The Morgan fingerprint density at radius 2 is 2.11 bits per heavy atom. The zero-order valence-electron chi connectivity index (χ0n) is 11.0. The first kappa shape index (κ1) is 12.3. The molecule has 5 heteroatoms. The number of rotatable bonds is 3. The van der Waals surface area contributed by atoms with E-state index in [1.54, 1.807) is 0 Å². The van der Waals surface area contributed by atoms with Gasteiger partial charge in [0.2, 0.25) is 5.89 Å². The van der Waals surface area contributed by atoms with Gasteiger partial charge in [0, 0.05) is 25.0 Å². The zero-order chi connectivity index (χ0) is 13.2. The molecule has 1 aromatic heterocycles. The first-order valence-electron chi connectivity index (χ1n) is 6.54. The molecule has 1 aliphatic rings. The van der Waals surface area contributed by atoms with Gasteiger partial charge in [-0.05, 0) is 12.5 Å². The summed E-state index contributed by atoms with van der Waals surface area (Å²) >= 11 is 0. The highest BCUT2D eigenvalue weighted by Gasteiger charge is 2.31. The summed E-state index contributed by atoms with van der Waals surface area (Å²) in [4.78, 5) is 6.51. The van der Waals surface area contributed by atoms with Gasteiger partial charge in [0.1, 0.15) is 0 Å². The minimum absolute atomic E-state index is 0.159. The molecule has 0 amide bonds. The molecule has 0 aliphatic carbocycles. The average Bonchev–Trinajstić information content (AvgIpc) is 2.97. The highest BCUT2D eigenvalue weighted by molar-refractivity contribution is 5.23. The molecule has 0 spiro atoms. The SMILES string of the molecule is Cc1noc(CN2C[C@@H](N)[C@H](c3ccccc3)C2)n1. The first-order valence-corrected chi connectivity index (χ1v) is 6.54. The molecule has 0 unspecified atom stereocenters. The van der Waals surface area contributed by atoms with Gasteiger partial charge < -0.3 is 10.3 Å². The van der Waals surface area contributed by atoms with Crippen LogP contribution in [0.15, 0.2) is 34.9 Å². The largest absolute Gasteiger partial charge is 0.338 e. The van der Waals surface area contributed by atoms with Crippen molar-refractivity contribution in [2.75, 3.05) is 13.1 Å². The third kappa shape index (κ3) is 2.67. The van der Waals surface area contributed by atoms with E-state index in [1.165, 1.54) is 5.56 Å². The van der Waals surface area contributed by atoms with E-state index in [1.807, 2.05) is 13.0 Å². The predicted octanol–water partition coefficient (Wildman–Crippen LogP) is 1.30. The van der Waals surface area contributed by atoms with Crippen molar-refractivity contribution in [2.24, 2.45) is 5.73 Å². The summed E-state index contributed by atoms with van der Waals surface area (Å²) < 4.78 is 5.16. The third-order valence-corrected chi connectivity index (χ3v) is 3.60. The smallest absolute Gasteiger partial charge is 0.240 e. The molecule has 100 valence electrons. The molecule has 2 N–H and O–H groups in total. The second kappa shape index (κ2) is 5.11. The van der Waals surface area contributed by atoms with Crippen LogP contribution in [0.3, 0.4) is 0 Å². The Kier molecular flexibility index (Phi) is 3.31. The number of nitrogens with zero attached hydrogens (tertiary/aromatic N) is 3. The molecule has 5 nitrogen and oxygen atoms in total. The molecule has 0 saturated carbocycles. The lowest BCUT2D eigenvalue weighted by molar-refractivity contribution is 0.263. The summed E-state index contributed by atoms with van der Waals surface area (Å²) in [6.45, 7) is 4.31. The van der Waals surface area contributed by atoms with Gasteiger partial charge in [-0.1, -0.05) is 35.5 Å². The van der Waals surface area contributed by atoms with E-state index in [2.05, 4.69) is 39.3 Å². The van der Waals surface area contributed by atoms with Gasteiger partial charge in [-0.25, -0.2) is 0 Å². The molecule has 1 saturated heterocycles. The quantitative estimate of drug-likeness (QED) is 0.899. The van der Waals surface area contributed by atoms with Crippen LogP contribution in [0.25, 0.3) is 0 Å². The van der Waals surface area contributed by atoms with Crippen molar-refractivity contribution in [3.8, 4) is 0 Å². The number of nitrogens with two attached hydrogens (primary N) is 1.